The van der Waals surface area contributed by atoms with Gasteiger partial charge in [-0.05, 0) is 41.1 Å². The second-order valence-electron chi connectivity index (χ2n) is 3.58. The molecule has 0 N–H and O–H groups in total. The molecule has 1 unspecified atom stereocenters. The van der Waals surface area contributed by atoms with Crippen LogP contribution in [0, 0.1) is 12.7 Å². The molecule has 0 aliphatic carbocycles. The summed E-state index contributed by atoms with van der Waals surface area (Å²) in [6, 6.07) is 7.16. The van der Waals surface area contributed by atoms with Crippen molar-refractivity contribution in [2.75, 3.05) is 0 Å². The minimum Gasteiger partial charge on any atom is -0.207 e. The lowest BCUT2D eigenvalue weighted by Crippen LogP contribution is -1.94. The van der Waals surface area contributed by atoms with Crippen LogP contribution in [0.5, 0.6) is 0 Å². The molecule has 0 radical (unpaired) electrons. The van der Waals surface area contributed by atoms with Gasteiger partial charge in [0.1, 0.15) is 5.82 Å². The second kappa shape index (κ2) is 5.51. The Labute approximate surface area is 129 Å². The molecule has 90 valence electrons. The van der Waals surface area contributed by atoms with E-state index >= 15 is 0 Å². The van der Waals surface area contributed by atoms with Gasteiger partial charge in [0.05, 0.1) is 4.83 Å². The molecule has 0 aliphatic rings. The highest BCUT2D eigenvalue weighted by molar-refractivity contribution is 9.11. The van der Waals surface area contributed by atoms with Gasteiger partial charge in [0.15, 0.2) is 0 Å². The van der Waals surface area contributed by atoms with Crippen molar-refractivity contribution >= 4 is 59.1 Å². The highest BCUT2D eigenvalue weighted by atomic mass is 79.9. The highest BCUT2D eigenvalue weighted by Gasteiger charge is 2.17. The molecule has 0 aliphatic heterocycles. The van der Waals surface area contributed by atoms with Gasteiger partial charge in [-0.3, -0.25) is 0 Å². The number of alkyl halides is 1. The maximum atomic E-state index is 13.8. The van der Waals surface area contributed by atoms with E-state index in [9.17, 15) is 4.39 Å². The van der Waals surface area contributed by atoms with Gasteiger partial charge in [-0.2, -0.15) is 0 Å². The number of hydrogen-bond acceptors (Lipinski definition) is 1. The van der Waals surface area contributed by atoms with Gasteiger partial charge in [-0.25, -0.2) is 4.39 Å². The molecule has 0 nitrogen and oxygen atoms in total. The Kier molecular flexibility index (Phi) is 4.45. The van der Waals surface area contributed by atoms with Crippen molar-refractivity contribution in [3.63, 3.8) is 0 Å². The van der Waals surface area contributed by atoms with E-state index in [0.717, 1.165) is 13.8 Å². The van der Waals surface area contributed by atoms with E-state index in [-0.39, 0.29) is 10.6 Å². The van der Waals surface area contributed by atoms with Crippen LogP contribution in [-0.2, 0) is 0 Å². The summed E-state index contributed by atoms with van der Waals surface area (Å²) in [5.74, 6) is -0.205. The van der Waals surface area contributed by atoms with Gasteiger partial charge in [0.25, 0.3) is 0 Å². The first-order valence-corrected chi connectivity index (χ1v) is 8.15. The fraction of sp³-hybridized carbons (Fsp3) is 0.167. The average molecular weight is 443 g/mol. The Balaban J connectivity index is 2.39. The summed E-state index contributed by atoms with van der Waals surface area (Å²) in [6.07, 6.45) is 0. The van der Waals surface area contributed by atoms with Crippen LogP contribution >= 0.6 is 59.1 Å². The summed E-state index contributed by atoms with van der Waals surface area (Å²) in [4.78, 5) is 2.18. The number of aryl methyl sites for hydroxylation is 1. The predicted octanol–water partition coefficient (Wildman–Crippen LogP) is 6.20. The molecule has 0 fully saturated rings. The Morgan fingerprint density at radius 2 is 1.94 bits per heavy atom. The third kappa shape index (κ3) is 3.00. The smallest absolute Gasteiger partial charge is 0.129 e. The van der Waals surface area contributed by atoms with Crippen molar-refractivity contribution in [1.29, 1.82) is 0 Å². The molecule has 0 amide bonds. The number of rotatable bonds is 2. The fourth-order valence-electron chi connectivity index (χ4n) is 1.47. The zero-order chi connectivity index (χ0) is 12.6. The Morgan fingerprint density at radius 3 is 2.47 bits per heavy atom. The second-order valence-corrected chi connectivity index (χ2v) is 7.55. The molecule has 0 bridgehead atoms. The van der Waals surface area contributed by atoms with Gasteiger partial charge in [-0.1, -0.05) is 37.9 Å². The van der Waals surface area contributed by atoms with Crippen molar-refractivity contribution in [2.24, 2.45) is 0 Å². The summed E-state index contributed by atoms with van der Waals surface area (Å²) in [5.41, 5.74) is 0.655. The first-order chi connectivity index (χ1) is 7.99. The third-order valence-electron chi connectivity index (χ3n) is 2.36. The number of halogens is 4. The maximum absolute atomic E-state index is 13.8. The van der Waals surface area contributed by atoms with Crippen LogP contribution in [0.3, 0.4) is 0 Å². The van der Waals surface area contributed by atoms with Gasteiger partial charge in [0.2, 0.25) is 0 Å². The lowest BCUT2D eigenvalue weighted by Gasteiger charge is -2.09. The minimum atomic E-state index is -0.205. The number of hydrogen-bond donors (Lipinski definition) is 0. The van der Waals surface area contributed by atoms with Crippen molar-refractivity contribution in [1.82, 2.24) is 0 Å². The topological polar surface area (TPSA) is 0 Å². The van der Waals surface area contributed by atoms with E-state index in [2.05, 4.69) is 47.8 Å². The first kappa shape index (κ1) is 13.7. The predicted molar refractivity (Wildman–Crippen MR) is 81.6 cm³/mol. The largest absolute Gasteiger partial charge is 0.207 e. The number of thiophene rings is 1. The number of benzene rings is 1. The quantitative estimate of drug-likeness (QED) is 0.485. The summed E-state index contributed by atoms with van der Waals surface area (Å²) in [7, 11) is 0. The molecular formula is C12H8Br3FS. The minimum absolute atomic E-state index is 0.106. The van der Waals surface area contributed by atoms with Crippen molar-refractivity contribution in [3.05, 3.63) is 54.3 Å². The van der Waals surface area contributed by atoms with Gasteiger partial charge in [-0.15, -0.1) is 11.3 Å². The molecule has 1 aromatic carbocycles. The molecule has 0 saturated carbocycles. The molecule has 2 aromatic rings. The molecule has 0 spiro atoms. The first-order valence-electron chi connectivity index (χ1n) is 4.84. The molecule has 1 heterocycles. The third-order valence-corrected chi connectivity index (χ3v) is 6.35. The Morgan fingerprint density at radius 1 is 1.24 bits per heavy atom. The SMILES string of the molecule is Cc1sc(C(Br)c2ccc(Br)cc2F)cc1Br. The van der Waals surface area contributed by atoms with E-state index < -0.39 is 0 Å². The average Bonchev–Trinajstić information content (AvgIpc) is 2.58. The summed E-state index contributed by atoms with van der Waals surface area (Å²) < 4.78 is 15.6. The molecular weight excluding hydrogens is 435 g/mol. The zero-order valence-electron chi connectivity index (χ0n) is 8.81. The van der Waals surface area contributed by atoms with Crippen LogP contribution in [0.2, 0.25) is 0 Å². The van der Waals surface area contributed by atoms with Gasteiger partial charge < -0.3 is 0 Å². The van der Waals surface area contributed by atoms with Crippen LogP contribution in [0.15, 0.2) is 33.2 Å². The monoisotopic (exact) mass is 440 g/mol. The Bertz CT molecular complexity index is 531. The van der Waals surface area contributed by atoms with Crippen molar-refractivity contribution < 1.29 is 4.39 Å². The zero-order valence-corrected chi connectivity index (χ0v) is 14.4. The molecule has 5 heteroatoms. The lowest BCUT2D eigenvalue weighted by atomic mass is 10.1. The van der Waals surface area contributed by atoms with Gasteiger partial charge in [0, 0.05) is 24.3 Å². The highest BCUT2D eigenvalue weighted by Crippen LogP contribution is 2.39. The lowest BCUT2D eigenvalue weighted by molar-refractivity contribution is 0.613. The van der Waals surface area contributed by atoms with E-state index in [0.29, 0.717) is 5.56 Å². The standard InChI is InChI=1S/C12H8Br3FS/c1-6-9(14)5-11(17-6)12(15)8-3-2-7(13)4-10(8)16/h2-5,12H,1H3. The van der Waals surface area contributed by atoms with Crippen LogP contribution in [0.25, 0.3) is 0 Å². The summed E-state index contributed by atoms with van der Waals surface area (Å²) in [6.45, 7) is 2.04. The van der Waals surface area contributed by atoms with Crippen molar-refractivity contribution in [3.8, 4) is 0 Å². The van der Waals surface area contributed by atoms with Crippen molar-refractivity contribution in [2.45, 2.75) is 11.8 Å². The molecule has 2 rings (SSSR count). The van der Waals surface area contributed by atoms with Crippen LogP contribution in [0.4, 0.5) is 4.39 Å². The Hall–Kier alpha value is 0.290. The van der Waals surface area contributed by atoms with E-state index in [1.165, 1.54) is 10.9 Å². The van der Waals surface area contributed by atoms with Crippen LogP contribution in [-0.4, -0.2) is 0 Å². The summed E-state index contributed by atoms with van der Waals surface area (Å²) >= 11 is 11.9. The maximum Gasteiger partial charge on any atom is 0.129 e. The molecule has 1 atom stereocenters. The molecule has 17 heavy (non-hydrogen) atoms. The van der Waals surface area contributed by atoms with E-state index in [4.69, 9.17) is 0 Å². The van der Waals surface area contributed by atoms with E-state index in [1.807, 2.05) is 19.1 Å². The molecule has 0 saturated heterocycles. The molecule has 1 aromatic heterocycles. The van der Waals surface area contributed by atoms with Crippen LogP contribution < -0.4 is 0 Å². The normalized spacial score (nSPS) is 12.8. The van der Waals surface area contributed by atoms with Crippen LogP contribution in [0.1, 0.15) is 20.1 Å². The summed E-state index contributed by atoms with van der Waals surface area (Å²) in [5, 5.41) is 0. The van der Waals surface area contributed by atoms with E-state index in [1.54, 1.807) is 17.4 Å². The fourth-order valence-corrected chi connectivity index (χ4v) is 4.14. The van der Waals surface area contributed by atoms with Gasteiger partial charge >= 0.3 is 0 Å².